The van der Waals surface area contributed by atoms with E-state index in [4.69, 9.17) is 0 Å². The molecular formula is C17H23N. The maximum absolute atomic E-state index is 9.66. The van der Waals surface area contributed by atoms with E-state index in [0.29, 0.717) is 5.92 Å². The number of aryl methyl sites for hydroxylation is 1. The zero-order chi connectivity index (χ0) is 13.0. The first-order chi connectivity index (χ1) is 8.73. The van der Waals surface area contributed by atoms with E-state index >= 15 is 0 Å². The number of hydrogen-bond acceptors (Lipinski definition) is 1. The second kappa shape index (κ2) is 5.57. The predicted octanol–water partition coefficient (Wildman–Crippen LogP) is 4.51. The van der Waals surface area contributed by atoms with Crippen molar-refractivity contribution in [3.05, 3.63) is 35.4 Å². The normalized spacial score (nSPS) is 22.6. The summed E-state index contributed by atoms with van der Waals surface area (Å²) in [7, 11) is 0. The standard InChI is InChI=1S/C17H23N/c1-3-14(4-2)11-17(13-18)10-9-15-7-5-6-8-16(15)12-17/h5-8,14H,3-4,9-12H2,1-2H3. The molecule has 0 fully saturated rings. The van der Waals surface area contributed by atoms with Gasteiger partial charge in [0.1, 0.15) is 0 Å². The van der Waals surface area contributed by atoms with E-state index < -0.39 is 0 Å². The highest BCUT2D eigenvalue weighted by Crippen LogP contribution is 2.41. The second-order valence-corrected chi connectivity index (χ2v) is 5.72. The minimum atomic E-state index is -0.106. The van der Waals surface area contributed by atoms with Gasteiger partial charge in [0.25, 0.3) is 0 Å². The van der Waals surface area contributed by atoms with E-state index in [-0.39, 0.29) is 5.41 Å². The second-order valence-electron chi connectivity index (χ2n) is 5.72. The van der Waals surface area contributed by atoms with Gasteiger partial charge in [0.2, 0.25) is 0 Å². The number of nitriles is 1. The van der Waals surface area contributed by atoms with Crippen molar-refractivity contribution < 1.29 is 0 Å². The SMILES string of the molecule is CCC(CC)CC1(C#N)CCc2ccccc2C1. The van der Waals surface area contributed by atoms with Gasteiger partial charge in [-0.1, -0.05) is 51.0 Å². The monoisotopic (exact) mass is 241 g/mol. The largest absolute Gasteiger partial charge is 0.198 e. The molecule has 1 unspecified atom stereocenters. The van der Waals surface area contributed by atoms with Gasteiger partial charge >= 0.3 is 0 Å². The summed E-state index contributed by atoms with van der Waals surface area (Å²) in [5, 5.41) is 9.66. The molecule has 18 heavy (non-hydrogen) atoms. The lowest BCUT2D eigenvalue weighted by atomic mass is 9.67. The summed E-state index contributed by atoms with van der Waals surface area (Å²) in [6.45, 7) is 4.49. The molecule has 0 radical (unpaired) electrons. The lowest BCUT2D eigenvalue weighted by Crippen LogP contribution is -2.29. The van der Waals surface area contributed by atoms with Gasteiger partial charge in [0, 0.05) is 0 Å². The summed E-state index contributed by atoms with van der Waals surface area (Å²) >= 11 is 0. The molecular weight excluding hydrogens is 218 g/mol. The van der Waals surface area contributed by atoms with Crippen LogP contribution in [-0.4, -0.2) is 0 Å². The highest BCUT2D eigenvalue weighted by Gasteiger charge is 2.35. The Morgan fingerprint density at radius 1 is 1.22 bits per heavy atom. The van der Waals surface area contributed by atoms with Crippen LogP contribution in [0.25, 0.3) is 0 Å². The molecule has 1 heteroatoms. The first kappa shape index (κ1) is 13.1. The molecule has 2 rings (SSSR count). The summed E-state index contributed by atoms with van der Waals surface area (Å²) in [6, 6.07) is 11.3. The van der Waals surface area contributed by atoms with Gasteiger partial charge in [0.05, 0.1) is 11.5 Å². The van der Waals surface area contributed by atoms with Gasteiger partial charge in [-0.05, 0) is 42.7 Å². The fourth-order valence-electron chi connectivity index (χ4n) is 3.25. The van der Waals surface area contributed by atoms with Crippen LogP contribution in [-0.2, 0) is 12.8 Å². The molecule has 1 aliphatic carbocycles. The summed E-state index contributed by atoms with van der Waals surface area (Å²) in [5.41, 5.74) is 2.74. The first-order valence-electron chi connectivity index (χ1n) is 7.21. The molecule has 0 heterocycles. The highest BCUT2D eigenvalue weighted by atomic mass is 14.4. The van der Waals surface area contributed by atoms with Crippen LogP contribution in [0, 0.1) is 22.7 Å². The number of rotatable bonds is 4. The third-order valence-electron chi connectivity index (χ3n) is 4.59. The Morgan fingerprint density at radius 3 is 2.50 bits per heavy atom. The van der Waals surface area contributed by atoms with Crippen LogP contribution in [0.3, 0.4) is 0 Å². The molecule has 0 aromatic heterocycles. The molecule has 1 aromatic rings. The van der Waals surface area contributed by atoms with E-state index in [9.17, 15) is 5.26 Å². The average Bonchev–Trinajstić information content (AvgIpc) is 2.44. The Bertz CT molecular complexity index is 439. The zero-order valence-corrected chi connectivity index (χ0v) is 11.6. The van der Waals surface area contributed by atoms with Crippen molar-refractivity contribution in [2.24, 2.45) is 11.3 Å². The minimum Gasteiger partial charge on any atom is -0.198 e. The first-order valence-corrected chi connectivity index (χ1v) is 7.21. The third-order valence-corrected chi connectivity index (χ3v) is 4.59. The van der Waals surface area contributed by atoms with Crippen LogP contribution in [0.4, 0.5) is 0 Å². The molecule has 0 amide bonds. The van der Waals surface area contributed by atoms with Crippen molar-refractivity contribution in [2.45, 2.75) is 52.4 Å². The van der Waals surface area contributed by atoms with Crippen LogP contribution >= 0.6 is 0 Å². The van der Waals surface area contributed by atoms with Crippen LogP contribution in [0.5, 0.6) is 0 Å². The molecule has 1 aromatic carbocycles. The van der Waals surface area contributed by atoms with Crippen molar-refractivity contribution in [3.63, 3.8) is 0 Å². The lowest BCUT2D eigenvalue weighted by molar-refractivity contribution is 0.248. The molecule has 1 atom stereocenters. The number of benzene rings is 1. The fourth-order valence-corrected chi connectivity index (χ4v) is 3.25. The zero-order valence-electron chi connectivity index (χ0n) is 11.6. The molecule has 0 spiro atoms. The third kappa shape index (κ3) is 2.58. The van der Waals surface area contributed by atoms with Gasteiger partial charge in [-0.25, -0.2) is 0 Å². The topological polar surface area (TPSA) is 23.8 Å². The van der Waals surface area contributed by atoms with Gasteiger partial charge < -0.3 is 0 Å². The Labute approximate surface area is 111 Å². The maximum atomic E-state index is 9.66. The van der Waals surface area contributed by atoms with E-state index in [2.05, 4.69) is 44.2 Å². The van der Waals surface area contributed by atoms with Crippen LogP contribution in [0.2, 0.25) is 0 Å². The number of fused-ring (bicyclic) bond motifs is 1. The fraction of sp³-hybridized carbons (Fsp3) is 0.588. The molecule has 0 bridgehead atoms. The van der Waals surface area contributed by atoms with Crippen molar-refractivity contribution in [1.82, 2.24) is 0 Å². The Hall–Kier alpha value is -1.29. The van der Waals surface area contributed by atoms with E-state index in [0.717, 1.165) is 25.7 Å². The van der Waals surface area contributed by atoms with Crippen molar-refractivity contribution in [2.75, 3.05) is 0 Å². The van der Waals surface area contributed by atoms with Crippen molar-refractivity contribution >= 4 is 0 Å². The Morgan fingerprint density at radius 2 is 1.89 bits per heavy atom. The maximum Gasteiger partial charge on any atom is 0.0693 e. The van der Waals surface area contributed by atoms with Gasteiger partial charge in [0.15, 0.2) is 0 Å². The smallest absolute Gasteiger partial charge is 0.0693 e. The average molecular weight is 241 g/mol. The molecule has 0 saturated heterocycles. The van der Waals surface area contributed by atoms with Gasteiger partial charge in [-0.3, -0.25) is 0 Å². The molecule has 0 saturated carbocycles. The Balaban J connectivity index is 2.19. The van der Waals surface area contributed by atoms with Gasteiger partial charge in [-0.2, -0.15) is 5.26 Å². The van der Waals surface area contributed by atoms with Crippen LogP contribution in [0.1, 0.15) is 50.7 Å². The van der Waals surface area contributed by atoms with E-state index in [1.54, 1.807) is 0 Å². The Kier molecular flexibility index (Phi) is 4.07. The number of hydrogen-bond donors (Lipinski definition) is 0. The molecule has 1 aliphatic rings. The molecule has 1 nitrogen and oxygen atoms in total. The molecule has 96 valence electrons. The summed E-state index contributed by atoms with van der Waals surface area (Å²) in [6.07, 6.45) is 6.53. The van der Waals surface area contributed by atoms with E-state index in [1.165, 1.54) is 24.0 Å². The van der Waals surface area contributed by atoms with Crippen molar-refractivity contribution in [1.29, 1.82) is 5.26 Å². The van der Waals surface area contributed by atoms with Crippen molar-refractivity contribution in [3.8, 4) is 6.07 Å². The molecule has 0 N–H and O–H groups in total. The predicted molar refractivity (Wildman–Crippen MR) is 75.2 cm³/mol. The summed E-state index contributed by atoms with van der Waals surface area (Å²) in [5.74, 6) is 0.704. The minimum absolute atomic E-state index is 0.106. The number of nitrogens with zero attached hydrogens (tertiary/aromatic N) is 1. The van der Waals surface area contributed by atoms with Crippen LogP contribution in [0.15, 0.2) is 24.3 Å². The highest BCUT2D eigenvalue weighted by molar-refractivity contribution is 5.32. The van der Waals surface area contributed by atoms with Gasteiger partial charge in [-0.15, -0.1) is 0 Å². The summed E-state index contributed by atoms with van der Waals surface area (Å²) in [4.78, 5) is 0. The van der Waals surface area contributed by atoms with Crippen LogP contribution < -0.4 is 0 Å². The summed E-state index contributed by atoms with van der Waals surface area (Å²) < 4.78 is 0. The van der Waals surface area contributed by atoms with E-state index in [1.807, 2.05) is 0 Å². The lowest BCUT2D eigenvalue weighted by Gasteiger charge is -2.34. The quantitative estimate of drug-likeness (QED) is 0.760. The molecule has 0 aliphatic heterocycles.